The monoisotopic (exact) mass is 291 g/mol. The van der Waals surface area contributed by atoms with Crippen molar-refractivity contribution in [2.75, 3.05) is 19.0 Å². The minimum Gasteiger partial charge on any atom is -0.481 e. The van der Waals surface area contributed by atoms with Crippen molar-refractivity contribution in [2.45, 2.75) is 57.6 Å². The lowest BCUT2D eigenvalue weighted by molar-refractivity contribution is -0.134. The highest BCUT2D eigenvalue weighted by molar-refractivity contribution is 5.32. The second kappa shape index (κ2) is 6.18. The summed E-state index contributed by atoms with van der Waals surface area (Å²) in [5, 5.41) is 3.52. The first kappa shape index (κ1) is 14.6. The summed E-state index contributed by atoms with van der Waals surface area (Å²) < 4.78 is 11.1. The fraction of sp³-hybridized carbons (Fsp3) is 0.750. The third-order valence-corrected chi connectivity index (χ3v) is 5.08. The van der Waals surface area contributed by atoms with Crippen molar-refractivity contribution >= 4 is 5.95 Å². The highest BCUT2D eigenvalue weighted by Gasteiger charge is 2.55. The van der Waals surface area contributed by atoms with Crippen molar-refractivity contribution in [1.29, 1.82) is 0 Å². The molecule has 0 amide bonds. The number of methoxy groups -OCH3 is 1. The van der Waals surface area contributed by atoms with Gasteiger partial charge in [0.2, 0.25) is 11.8 Å². The number of nitrogens with one attached hydrogen (secondary N) is 1. The van der Waals surface area contributed by atoms with Gasteiger partial charge in [0.15, 0.2) is 0 Å². The lowest BCUT2D eigenvalue weighted by Crippen LogP contribution is -2.62. The Labute approximate surface area is 126 Å². The molecule has 5 heteroatoms. The molecule has 0 saturated heterocycles. The first-order chi connectivity index (χ1) is 10.3. The van der Waals surface area contributed by atoms with Crippen LogP contribution in [0.2, 0.25) is 0 Å². The van der Waals surface area contributed by atoms with Gasteiger partial charge >= 0.3 is 0 Å². The van der Waals surface area contributed by atoms with Gasteiger partial charge in [-0.2, -0.15) is 4.98 Å². The van der Waals surface area contributed by atoms with Gasteiger partial charge in [0.1, 0.15) is 0 Å². The summed E-state index contributed by atoms with van der Waals surface area (Å²) in [6, 6.07) is 2.19. The molecule has 0 unspecified atom stereocenters. The van der Waals surface area contributed by atoms with Crippen LogP contribution in [-0.2, 0) is 4.74 Å². The van der Waals surface area contributed by atoms with Gasteiger partial charge in [0.25, 0.3) is 0 Å². The lowest BCUT2D eigenvalue weighted by Gasteiger charge is -2.57. The average Bonchev–Trinajstić information content (AvgIpc) is 2.55. The van der Waals surface area contributed by atoms with E-state index in [1.807, 2.05) is 0 Å². The normalized spacial score (nSPS) is 27.1. The predicted molar refractivity (Wildman–Crippen MR) is 81.5 cm³/mol. The number of rotatable bonds is 5. The van der Waals surface area contributed by atoms with E-state index in [4.69, 9.17) is 9.47 Å². The summed E-state index contributed by atoms with van der Waals surface area (Å²) in [7, 11) is 1.63. The molecule has 2 saturated carbocycles. The number of hydrogen-bond donors (Lipinski definition) is 1. The molecule has 5 nitrogen and oxygen atoms in total. The zero-order chi connectivity index (χ0) is 14.7. The van der Waals surface area contributed by atoms with Crippen molar-refractivity contribution in [2.24, 2.45) is 5.41 Å². The molecule has 21 heavy (non-hydrogen) atoms. The number of ether oxygens (including phenoxy) is 2. The van der Waals surface area contributed by atoms with Gasteiger partial charge in [0, 0.05) is 30.3 Å². The van der Waals surface area contributed by atoms with Gasteiger partial charge in [-0.3, -0.25) is 0 Å². The zero-order valence-electron chi connectivity index (χ0n) is 13.0. The Morgan fingerprint density at radius 2 is 2.14 bits per heavy atom. The van der Waals surface area contributed by atoms with Crippen molar-refractivity contribution in [1.82, 2.24) is 9.97 Å². The molecule has 116 valence electrons. The van der Waals surface area contributed by atoms with Gasteiger partial charge in [-0.15, -0.1) is 0 Å². The number of anilines is 1. The summed E-state index contributed by atoms with van der Waals surface area (Å²) in [4.78, 5) is 8.69. The second-order valence-corrected chi connectivity index (χ2v) is 6.09. The Balaban J connectivity index is 1.72. The van der Waals surface area contributed by atoms with Crippen molar-refractivity contribution in [3.05, 3.63) is 12.3 Å². The summed E-state index contributed by atoms with van der Waals surface area (Å²) in [6.07, 6.45) is 9.64. The highest BCUT2D eigenvalue weighted by Crippen LogP contribution is 2.54. The molecule has 1 spiro atoms. The van der Waals surface area contributed by atoms with E-state index in [1.165, 1.54) is 32.1 Å². The molecule has 0 aliphatic heterocycles. The van der Waals surface area contributed by atoms with Crippen LogP contribution in [0.1, 0.15) is 45.4 Å². The third-order valence-electron chi connectivity index (χ3n) is 5.08. The summed E-state index contributed by atoms with van der Waals surface area (Å²) >= 11 is 0. The quantitative estimate of drug-likeness (QED) is 0.903. The number of hydrogen-bond acceptors (Lipinski definition) is 5. The van der Waals surface area contributed by atoms with E-state index in [1.54, 1.807) is 19.4 Å². The SMILES string of the molecule is CCO[C@@H]1C[C@H](Nc2nccc(OC)n2)C12CCCCC2. The van der Waals surface area contributed by atoms with Crippen molar-refractivity contribution < 1.29 is 9.47 Å². The summed E-state index contributed by atoms with van der Waals surface area (Å²) in [5.74, 6) is 1.27. The summed E-state index contributed by atoms with van der Waals surface area (Å²) in [6.45, 7) is 2.89. The molecule has 3 rings (SSSR count). The maximum absolute atomic E-state index is 5.98. The first-order valence-electron chi connectivity index (χ1n) is 8.03. The minimum atomic E-state index is 0.278. The molecule has 1 aromatic heterocycles. The second-order valence-electron chi connectivity index (χ2n) is 6.09. The van der Waals surface area contributed by atoms with E-state index >= 15 is 0 Å². The van der Waals surface area contributed by atoms with Crippen LogP contribution in [0.15, 0.2) is 12.3 Å². The fourth-order valence-electron chi connectivity index (χ4n) is 3.95. The van der Waals surface area contributed by atoms with Gasteiger partial charge in [-0.1, -0.05) is 19.3 Å². The Kier molecular flexibility index (Phi) is 4.29. The molecule has 0 aromatic carbocycles. The predicted octanol–water partition coefficient (Wildman–Crippen LogP) is 3.03. The van der Waals surface area contributed by atoms with Gasteiger partial charge in [0.05, 0.1) is 13.2 Å². The molecule has 0 radical (unpaired) electrons. The highest BCUT2D eigenvalue weighted by atomic mass is 16.5. The van der Waals surface area contributed by atoms with Gasteiger partial charge < -0.3 is 14.8 Å². The molecule has 1 N–H and O–H groups in total. The van der Waals surface area contributed by atoms with E-state index in [-0.39, 0.29) is 5.41 Å². The Hall–Kier alpha value is -1.36. The Morgan fingerprint density at radius 1 is 1.33 bits per heavy atom. The van der Waals surface area contributed by atoms with Crippen LogP contribution in [-0.4, -0.2) is 35.8 Å². The average molecular weight is 291 g/mol. The fourth-order valence-corrected chi connectivity index (χ4v) is 3.95. The van der Waals surface area contributed by atoms with Crippen LogP contribution < -0.4 is 10.1 Å². The Morgan fingerprint density at radius 3 is 2.86 bits per heavy atom. The molecular formula is C16H25N3O2. The van der Waals surface area contributed by atoms with E-state index in [0.717, 1.165) is 13.0 Å². The topological polar surface area (TPSA) is 56.3 Å². The smallest absolute Gasteiger partial charge is 0.226 e. The Bertz CT molecular complexity index is 474. The van der Waals surface area contributed by atoms with E-state index < -0.39 is 0 Å². The van der Waals surface area contributed by atoms with Crippen LogP contribution in [0.25, 0.3) is 0 Å². The van der Waals surface area contributed by atoms with Gasteiger partial charge in [-0.25, -0.2) is 4.98 Å². The maximum Gasteiger partial charge on any atom is 0.226 e. The van der Waals surface area contributed by atoms with Crippen LogP contribution in [0.4, 0.5) is 5.95 Å². The molecule has 0 bridgehead atoms. The molecule has 2 atom stereocenters. The molecular weight excluding hydrogens is 266 g/mol. The molecule has 2 aliphatic carbocycles. The van der Waals surface area contributed by atoms with Crippen molar-refractivity contribution in [3.63, 3.8) is 0 Å². The van der Waals surface area contributed by atoms with E-state index in [2.05, 4.69) is 22.2 Å². The number of aromatic nitrogens is 2. The molecule has 2 fully saturated rings. The summed E-state index contributed by atoms with van der Waals surface area (Å²) in [5.41, 5.74) is 0.278. The standard InChI is InChI=1S/C16H25N3O2/c1-3-21-13-11-12(16(13)8-5-4-6-9-16)18-15-17-10-7-14(19-15)20-2/h7,10,12-13H,3-6,8-9,11H2,1-2H3,(H,17,18,19)/t12-,13+/m0/s1. The largest absolute Gasteiger partial charge is 0.481 e. The number of nitrogens with zero attached hydrogens (tertiary/aromatic N) is 2. The van der Waals surface area contributed by atoms with Gasteiger partial charge in [-0.05, 0) is 26.2 Å². The first-order valence-corrected chi connectivity index (χ1v) is 8.03. The van der Waals surface area contributed by atoms with Crippen LogP contribution in [0, 0.1) is 5.41 Å². The van der Waals surface area contributed by atoms with E-state index in [0.29, 0.717) is 24.0 Å². The third kappa shape index (κ3) is 2.71. The zero-order valence-corrected chi connectivity index (χ0v) is 13.0. The van der Waals surface area contributed by atoms with E-state index in [9.17, 15) is 0 Å². The van der Waals surface area contributed by atoms with Crippen molar-refractivity contribution in [3.8, 4) is 5.88 Å². The minimum absolute atomic E-state index is 0.278. The van der Waals surface area contributed by atoms with Crippen LogP contribution >= 0.6 is 0 Å². The van der Waals surface area contributed by atoms with Crippen LogP contribution in [0.3, 0.4) is 0 Å². The maximum atomic E-state index is 5.98. The lowest BCUT2D eigenvalue weighted by atomic mass is 9.55. The molecule has 1 aromatic rings. The van der Waals surface area contributed by atoms with Crippen LogP contribution in [0.5, 0.6) is 5.88 Å². The molecule has 1 heterocycles. The molecule has 2 aliphatic rings.